The molecule has 3 aromatic rings. The lowest BCUT2D eigenvalue weighted by molar-refractivity contribution is -0.135. The van der Waals surface area contributed by atoms with E-state index in [1.54, 1.807) is 29.2 Å². The van der Waals surface area contributed by atoms with Crippen LogP contribution in [0, 0.1) is 11.6 Å². The Morgan fingerprint density at radius 3 is 2.77 bits per heavy atom. The Morgan fingerprint density at radius 1 is 1.13 bits per heavy atom. The third-order valence-electron chi connectivity index (χ3n) is 5.24. The summed E-state index contributed by atoms with van der Waals surface area (Å²) in [6.07, 6.45) is 3.14. The first kappa shape index (κ1) is 21.0. The summed E-state index contributed by atoms with van der Waals surface area (Å²) >= 11 is 0. The molecule has 0 spiro atoms. The summed E-state index contributed by atoms with van der Waals surface area (Å²) in [7, 11) is 0. The van der Waals surface area contributed by atoms with Crippen LogP contribution in [0.25, 0.3) is 0 Å². The number of halogens is 2. The highest BCUT2D eigenvalue weighted by atomic mass is 19.1. The predicted molar refractivity (Wildman–Crippen MR) is 108 cm³/mol. The summed E-state index contributed by atoms with van der Waals surface area (Å²) in [6.45, 7) is 0.918. The summed E-state index contributed by atoms with van der Waals surface area (Å²) < 4.78 is 37.4. The Balaban J connectivity index is 1.37. The van der Waals surface area contributed by atoms with E-state index >= 15 is 0 Å². The second-order valence-corrected chi connectivity index (χ2v) is 7.51. The van der Waals surface area contributed by atoms with Gasteiger partial charge in [0.2, 0.25) is 11.8 Å². The number of carbonyl (C=O) groups is 1. The maximum Gasteiger partial charge on any atom is 0.249 e. The van der Waals surface area contributed by atoms with E-state index in [4.69, 9.17) is 9.26 Å². The van der Waals surface area contributed by atoms with Gasteiger partial charge in [-0.25, -0.2) is 8.78 Å². The molecule has 2 aromatic carbocycles. The third kappa shape index (κ3) is 5.45. The first-order valence-corrected chi connectivity index (χ1v) is 10.3. The van der Waals surface area contributed by atoms with Gasteiger partial charge in [0.05, 0.1) is 13.0 Å². The van der Waals surface area contributed by atoms with E-state index in [-0.39, 0.29) is 30.0 Å². The monoisotopic (exact) mass is 427 g/mol. The van der Waals surface area contributed by atoms with Crippen molar-refractivity contribution in [3.63, 3.8) is 0 Å². The number of amides is 1. The highest BCUT2D eigenvalue weighted by Gasteiger charge is 2.32. The molecule has 1 aliphatic rings. The number of ether oxygens (including phenoxy) is 1. The Kier molecular flexibility index (Phi) is 6.54. The van der Waals surface area contributed by atoms with Gasteiger partial charge in [0.25, 0.3) is 0 Å². The molecule has 8 heteroatoms. The van der Waals surface area contributed by atoms with Gasteiger partial charge in [-0.2, -0.15) is 4.98 Å². The zero-order valence-electron chi connectivity index (χ0n) is 17.0. The van der Waals surface area contributed by atoms with Gasteiger partial charge in [-0.1, -0.05) is 17.3 Å². The van der Waals surface area contributed by atoms with Gasteiger partial charge in [-0.15, -0.1) is 0 Å². The summed E-state index contributed by atoms with van der Waals surface area (Å²) in [6, 6.07) is 11.6. The summed E-state index contributed by atoms with van der Waals surface area (Å²) in [5.41, 5.74) is 0.637. The number of piperidine rings is 1. The van der Waals surface area contributed by atoms with Crippen molar-refractivity contribution in [2.24, 2.45) is 0 Å². The molecule has 1 saturated heterocycles. The first-order valence-electron chi connectivity index (χ1n) is 10.3. The maximum absolute atomic E-state index is 13.4. The van der Waals surface area contributed by atoms with E-state index in [0.29, 0.717) is 42.6 Å². The second-order valence-electron chi connectivity index (χ2n) is 7.51. The third-order valence-corrected chi connectivity index (χ3v) is 5.24. The molecule has 0 saturated carbocycles. The van der Waals surface area contributed by atoms with Crippen LogP contribution in [0.3, 0.4) is 0 Å². The zero-order valence-corrected chi connectivity index (χ0v) is 17.0. The molecule has 6 nitrogen and oxygen atoms in total. The van der Waals surface area contributed by atoms with E-state index in [1.807, 2.05) is 0 Å². The molecule has 1 amide bonds. The van der Waals surface area contributed by atoms with Crippen LogP contribution in [0.5, 0.6) is 5.75 Å². The largest absolute Gasteiger partial charge is 0.493 e. The van der Waals surface area contributed by atoms with E-state index in [2.05, 4.69) is 10.1 Å². The van der Waals surface area contributed by atoms with Gasteiger partial charge in [0, 0.05) is 13.0 Å². The minimum atomic E-state index is -0.357. The number of likely N-dealkylation sites (tertiary alicyclic amines) is 1. The van der Waals surface area contributed by atoms with Crippen LogP contribution >= 0.6 is 0 Å². The van der Waals surface area contributed by atoms with Crippen LogP contribution in [0.4, 0.5) is 8.78 Å². The average Bonchev–Trinajstić information content (AvgIpc) is 3.24. The Bertz CT molecular complexity index is 1020. The number of aromatic nitrogens is 2. The van der Waals surface area contributed by atoms with Crippen LogP contribution in [0.2, 0.25) is 0 Å². The molecule has 1 unspecified atom stereocenters. The number of carbonyl (C=O) groups excluding carboxylic acids is 1. The molecule has 0 radical (unpaired) electrons. The van der Waals surface area contributed by atoms with Crippen molar-refractivity contribution in [1.29, 1.82) is 0 Å². The van der Waals surface area contributed by atoms with Crippen molar-refractivity contribution in [3.05, 3.63) is 77.4 Å². The van der Waals surface area contributed by atoms with Crippen LogP contribution in [-0.4, -0.2) is 34.1 Å². The lowest BCUT2D eigenvalue weighted by Gasteiger charge is -2.33. The van der Waals surface area contributed by atoms with Crippen LogP contribution in [-0.2, 0) is 17.6 Å². The molecule has 2 heterocycles. The fraction of sp³-hybridized carbons (Fsp3) is 0.348. The highest BCUT2D eigenvalue weighted by Crippen LogP contribution is 2.30. The summed E-state index contributed by atoms with van der Waals surface area (Å²) in [5.74, 6) is 0.689. The second kappa shape index (κ2) is 9.68. The number of hydrogen-bond donors (Lipinski definition) is 0. The molecule has 0 bridgehead atoms. The molecule has 31 heavy (non-hydrogen) atoms. The molecule has 1 aliphatic heterocycles. The van der Waals surface area contributed by atoms with E-state index < -0.39 is 0 Å². The van der Waals surface area contributed by atoms with Crippen LogP contribution in [0.15, 0.2) is 53.1 Å². The van der Waals surface area contributed by atoms with Gasteiger partial charge in [0.15, 0.2) is 5.82 Å². The molecule has 1 atom stereocenters. The minimum absolute atomic E-state index is 0.0882. The zero-order chi connectivity index (χ0) is 21.6. The predicted octanol–water partition coefficient (Wildman–Crippen LogP) is 4.27. The van der Waals surface area contributed by atoms with E-state index in [1.165, 1.54) is 24.3 Å². The van der Waals surface area contributed by atoms with Gasteiger partial charge in [-0.3, -0.25) is 4.79 Å². The molecule has 0 aliphatic carbocycles. The van der Waals surface area contributed by atoms with Gasteiger partial charge < -0.3 is 14.2 Å². The van der Waals surface area contributed by atoms with Crippen molar-refractivity contribution in [2.75, 3.05) is 13.2 Å². The Hall–Kier alpha value is -3.29. The molecular formula is C23H23F2N3O3. The van der Waals surface area contributed by atoms with Crippen molar-refractivity contribution < 1.29 is 22.8 Å². The molecule has 0 N–H and O–H groups in total. The number of nitrogens with zero attached hydrogens (tertiary/aromatic N) is 3. The van der Waals surface area contributed by atoms with Crippen LogP contribution in [0.1, 0.15) is 42.6 Å². The lowest BCUT2D eigenvalue weighted by Crippen LogP contribution is -2.39. The van der Waals surface area contributed by atoms with Crippen molar-refractivity contribution in [1.82, 2.24) is 15.0 Å². The SMILES string of the molecule is O=C(Cc1cccc(F)c1)N1CCCCC1c1nc(CCOc2ccc(F)cc2)no1. The van der Waals surface area contributed by atoms with Gasteiger partial charge in [-0.05, 0) is 61.2 Å². The van der Waals surface area contributed by atoms with Crippen molar-refractivity contribution in [3.8, 4) is 5.75 Å². The summed E-state index contributed by atoms with van der Waals surface area (Å²) in [5, 5.41) is 4.01. The molecule has 4 rings (SSSR count). The number of rotatable bonds is 7. The number of hydrogen-bond acceptors (Lipinski definition) is 5. The first-order chi connectivity index (χ1) is 15.1. The van der Waals surface area contributed by atoms with Crippen LogP contribution < -0.4 is 4.74 Å². The Morgan fingerprint density at radius 2 is 1.97 bits per heavy atom. The highest BCUT2D eigenvalue weighted by molar-refractivity contribution is 5.79. The summed E-state index contributed by atoms with van der Waals surface area (Å²) in [4.78, 5) is 19.1. The average molecular weight is 427 g/mol. The quantitative estimate of drug-likeness (QED) is 0.563. The van der Waals surface area contributed by atoms with Gasteiger partial charge >= 0.3 is 0 Å². The molecular weight excluding hydrogens is 404 g/mol. The normalized spacial score (nSPS) is 16.3. The fourth-order valence-electron chi connectivity index (χ4n) is 3.71. The standard InChI is InChI=1S/C23H23F2N3O3/c24-17-7-9-19(10-8-17)30-13-11-21-26-23(31-27-21)20-6-1-2-12-28(20)22(29)15-16-4-3-5-18(25)14-16/h3-5,7-10,14,20H,1-2,6,11-13,15H2. The lowest BCUT2D eigenvalue weighted by atomic mass is 10.0. The smallest absolute Gasteiger partial charge is 0.249 e. The topological polar surface area (TPSA) is 68.5 Å². The number of benzene rings is 2. The van der Waals surface area contributed by atoms with Crippen molar-refractivity contribution in [2.45, 2.75) is 38.1 Å². The Labute approximate surface area is 178 Å². The van der Waals surface area contributed by atoms with Gasteiger partial charge in [0.1, 0.15) is 23.4 Å². The molecule has 1 aromatic heterocycles. The van der Waals surface area contributed by atoms with E-state index in [9.17, 15) is 13.6 Å². The van der Waals surface area contributed by atoms with E-state index in [0.717, 1.165) is 19.3 Å². The van der Waals surface area contributed by atoms with Crippen molar-refractivity contribution >= 4 is 5.91 Å². The fourth-order valence-corrected chi connectivity index (χ4v) is 3.71. The molecule has 162 valence electrons. The molecule has 1 fully saturated rings. The maximum atomic E-state index is 13.4. The minimum Gasteiger partial charge on any atom is -0.493 e.